The molecule has 1 aliphatic carbocycles. The van der Waals surface area contributed by atoms with Crippen molar-refractivity contribution in [2.24, 2.45) is 5.41 Å². The molecule has 1 atom stereocenters. The van der Waals surface area contributed by atoms with E-state index < -0.39 is 10.0 Å². The molecule has 0 spiro atoms. The maximum Gasteiger partial charge on any atom is 0.242 e. The Morgan fingerprint density at radius 3 is 2.37 bits per heavy atom. The van der Waals surface area contributed by atoms with Crippen molar-refractivity contribution in [1.82, 2.24) is 4.72 Å². The second-order valence-corrected chi connectivity index (χ2v) is 7.84. The van der Waals surface area contributed by atoms with Crippen LogP contribution in [0.25, 0.3) is 0 Å². The van der Waals surface area contributed by atoms with Gasteiger partial charge in [0.25, 0.3) is 0 Å². The minimum absolute atomic E-state index is 0.115. The second kappa shape index (κ2) is 4.80. The van der Waals surface area contributed by atoms with Crippen LogP contribution in [0.2, 0.25) is 0 Å². The number of rotatable bonds is 5. The lowest BCUT2D eigenvalue weighted by molar-refractivity contribution is 0.570. The maximum absolute atomic E-state index is 12.3. The average Bonchev–Trinajstić information content (AvgIpc) is 2.84. The van der Waals surface area contributed by atoms with E-state index in [0.29, 0.717) is 16.6 Å². The highest BCUT2D eigenvalue weighted by Gasteiger charge is 2.46. The van der Waals surface area contributed by atoms with Gasteiger partial charge >= 0.3 is 0 Å². The molecule has 0 heterocycles. The monoisotopic (exact) mass is 282 g/mol. The van der Waals surface area contributed by atoms with Crippen molar-refractivity contribution in [1.29, 1.82) is 0 Å². The molecule has 1 saturated carbocycles. The van der Waals surface area contributed by atoms with Crippen LogP contribution >= 0.6 is 0 Å². The van der Waals surface area contributed by atoms with E-state index in [9.17, 15) is 8.42 Å². The summed E-state index contributed by atoms with van der Waals surface area (Å²) in [6, 6.07) is 7.30. The summed E-state index contributed by atoms with van der Waals surface area (Å²) in [4.78, 5) is 0.325. The van der Waals surface area contributed by atoms with E-state index in [2.05, 4.69) is 23.9 Å². The van der Waals surface area contributed by atoms with Crippen molar-refractivity contribution in [2.45, 2.75) is 51.1 Å². The van der Waals surface area contributed by atoms with Crippen molar-refractivity contribution in [3.8, 4) is 0 Å². The summed E-state index contributed by atoms with van der Waals surface area (Å²) in [6.45, 7) is 7.98. The molecule has 0 radical (unpaired) electrons. The van der Waals surface area contributed by atoms with Gasteiger partial charge in [0.05, 0.1) is 5.69 Å². The predicted octanol–water partition coefficient (Wildman–Crippen LogP) is 2.58. The lowest BCUT2D eigenvalue weighted by Crippen LogP contribution is -2.31. The number of hydrogen-bond acceptors (Lipinski definition) is 3. The molecule has 0 bridgehead atoms. The third-order valence-corrected chi connectivity index (χ3v) is 5.13. The largest absolute Gasteiger partial charge is 0.381 e. The van der Waals surface area contributed by atoms with Gasteiger partial charge in [0, 0.05) is 12.1 Å². The van der Waals surface area contributed by atoms with Crippen LogP contribution in [-0.2, 0) is 10.0 Å². The number of benzene rings is 1. The number of nitrogens with one attached hydrogen (secondary N) is 2. The Morgan fingerprint density at radius 2 is 1.84 bits per heavy atom. The summed E-state index contributed by atoms with van der Waals surface area (Å²) in [7, 11) is -3.46. The molecule has 1 aliphatic rings. The molecule has 0 amide bonds. The zero-order chi connectivity index (χ0) is 14.3. The third kappa shape index (κ3) is 3.28. The SMILES string of the molecule is CC(C)NS(=O)(=O)c1ccccc1NC1CC1(C)C. The van der Waals surface area contributed by atoms with Gasteiger partial charge in [0.1, 0.15) is 4.90 Å². The molecule has 19 heavy (non-hydrogen) atoms. The Labute approximate surface area is 115 Å². The molecule has 1 aromatic rings. The highest BCUT2D eigenvalue weighted by Crippen LogP contribution is 2.47. The Hall–Kier alpha value is -1.07. The van der Waals surface area contributed by atoms with Gasteiger partial charge in [-0.05, 0) is 37.8 Å². The van der Waals surface area contributed by atoms with Crippen LogP contribution in [0, 0.1) is 5.41 Å². The molecule has 1 unspecified atom stereocenters. The number of sulfonamides is 1. The predicted molar refractivity (Wildman–Crippen MR) is 77.7 cm³/mol. The summed E-state index contributed by atoms with van der Waals surface area (Å²) >= 11 is 0. The first-order valence-electron chi connectivity index (χ1n) is 6.60. The van der Waals surface area contributed by atoms with Crippen LogP contribution in [0.3, 0.4) is 0 Å². The van der Waals surface area contributed by atoms with Gasteiger partial charge in [0.15, 0.2) is 0 Å². The Kier molecular flexibility index (Phi) is 3.62. The van der Waals surface area contributed by atoms with Gasteiger partial charge in [-0.25, -0.2) is 13.1 Å². The van der Waals surface area contributed by atoms with Crippen molar-refractivity contribution < 1.29 is 8.42 Å². The first-order chi connectivity index (χ1) is 8.72. The van der Waals surface area contributed by atoms with Crippen molar-refractivity contribution >= 4 is 15.7 Å². The van der Waals surface area contributed by atoms with Gasteiger partial charge in [-0.15, -0.1) is 0 Å². The molecule has 1 fully saturated rings. The Bertz CT molecular complexity index is 565. The van der Waals surface area contributed by atoms with E-state index in [-0.39, 0.29) is 11.5 Å². The number of anilines is 1. The molecule has 4 nitrogen and oxygen atoms in total. The van der Waals surface area contributed by atoms with Gasteiger partial charge in [-0.1, -0.05) is 26.0 Å². The minimum Gasteiger partial charge on any atom is -0.381 e. The Balaban J connectivity index is 2.26. The van der Waals surface area contributed by atoms with E-state index in [0.717, 1.165) is 6.42 Å². The average molecular weight is 282 g/mol. The van der Waals surface area contributed by atoms with E-state index >= 15 is 0 Å². The molecule has 0 aromatic heterocycles. The Morgan fingerprint density at radius 1 is 1.26 bits per heavy atom. The summed E-state index contributed by atoms with van der Waals surface area (Å²) in [5.74, 6) is 0. The van der Waals surface area contributed by atoms with Crippen molar-refractivity contribution in [3.63, 3.8) is 0 Å². The quantitative estimate of drug-likeness (QED) is 0.872. The van der Waals surface area contributed by atoms with E-state index in [4.69, 9.17) is 0 Å². The van der Waals surface area contributed by atoms with Crippen LogP contribution in [0.5, 0.6) is 0 Å². The minimum atomic E-state index is -3.46. The van der Waals surface area contributed by atoms with Crippen molar-refractivity contribution in [3.05, 3.63) is 24.3 Å². The van der Waals surface area contributed by atoms with E-state index in [1.54, 1.807) is 12.1 Å². The van der Waals surface area contributed by atoms with Gasteiger partial charge in [-0.3, -0.25) is 0 Å². The molecule has 0 aliphatic heterocycles. The topological polar surface area (TPSA) is 58.2 Å². The number of hydrogen-bond donors (Lipinski definition) is 2. The normalized spacial score (nSPS) is 21.4. The first kappa shape index (κ1) is 14.3. The molecule has 2 rings (SSSR count). The summed E-state index contributed by atoms with van der Waals surface area (Å²) in [6.07, 6.45) is 1.07. The fourth-order valence-electron chi connectivity index (χ4n) is 2.10. The highest BCUT2D eigenvalue weighted by molar-refractivity contribution is 7.89. The fourth-order valence-corrected chi connectivity index (χ4v) is 3.52. The highest BCUT2D eigenvalue weighted by atomic mass is 32.2. The molecule has 2 N–H and O–H groups in total. The molecule has 1 aromatic carbocycles. The van der Waals surface area contributed by atoms with Gasteiger partial charge in [-0.2, -0.15) is 0 Å². The van der Waals surface area contributed by atoms with E-state index in [1.165, 1.54) is 0 Å². The smallest absolute Gasteiger partial charge is 0.242 e. The second-order valence-electron chi connectivity index (χ2n) is 6.16. The van der Waals surface area contributed by atoms with Crippen LogP contribution in [0.1, 0.15) is 34.1 Å². The summed E-state index contributed by atoms with van der Waals surface area (Å²) < 4.78 is 27.2. The van der Waals surface area contributed by atoms with Crippen molar-refractivity contribution in [2.75, 3.05) is 5.32 Å². The zero-order valence-electron chi connectivity index (χ0n) is 11.9. The summed E-state index contributed by atoms with van der Waals surface area (Å²) in [5.41, 5.74) is 0.939. The number of para-hydroxylation sites is 1. The molecule has 0 saturated heterocycles. The molecule has 5 heteroatoms. The van der Waals surface area contributed by atoms with Crippen LogP contribution < -0.4 is 10.0 Å². The fraction of sp³-hybridized carbons (Fsp3) is 0.571. The molecular weight excluding hydrogens is 260 g/mol. The third-order valence-electron chi connectivity index (χ3n) is 3.41. The lowest BCUT2D eigenvalue weighted by atomic mass is 10.2. The van der Waals surface area contributed by atoms with Crippen LogP contribution in [0.15, 0.2) is 29.2 Å². The van der Waals surface area contributed by atoms with Gasteiger partial charge < -0.3 is 5.32 Å². The maximum atomic E-state index is 12.3. The van der Waals surface area contributed by atoms with E-state index in [1.807, 2.05) is 26.0 Å². The zero-order valence-corrected chi connectivity index (χ0v) is 12.7. The molecule has 106 valence electrons. The lowest BCUT2D eigenvalue weighted by Gasteiger charge is -2.15. The van der Waals surface area contributed by atoms with Gasteiger partial charge in [0.2, 0.25) is 10.0 Å². The van der Waals surface area contributed by atoms with Crippen LogP contribution in [-0.4, -0.2) is 20.5 Å². The standard InChI is InChI=1S/C14H22N2O2S/c1-10(2)16-19(17,18)12-8-6-5-7-11(12)15-13-9-14(13,3)4/h5-8,10,13,15-16H,9H2,1-4H3. The first-order valence-corrected chi connectivity index (χ1v) is 8.08. The molecular formula is C14H22N2O2S. The van der Waals surface area contributed by atoms with Crippen LogP contribution in [0.4, 0.5) is 5.69 Å². The summed E-state index contributed by atoms with van der Waals surface area (Å²) in [5, 5.41) is 3.33.